The molecule has 2 aliphatic heterocycles. The minimum atomic E-state index is -0.240. The second kappa shape index (κ2) is 6.37. The second-order valence-electron chi connectivity index (χ2n) is 4.80. The standard InChI is InChI=1S/C14H18N2O2.ClH/c17-14(13-6-3-9-18-13)16-8-7-15-10-11-4-1-2-5-12(11)16;/h1-2,4-5,13,15H,3,6-10H2;1H. The van der Waals surface area contributed by atoms with Crippen molar-refractivity contribution in [3.8, 4) is 0 Å². The molecule has 1 unspecified atom stereocenters. The molecular weight excluding hydrogens is 264 g/mol. The van der Waals surface area contributed by atoms with Gasteiger partial charge in [0.25, 0.3) is 5.91 Å². The van der Waals surface area contributed by atoms with Crippen LogP contribution in [0.1, 0.15) is 18.4 Å². The first-order valence-electron chi connectivity index (χ1n) is 6.58. The van der Waals surface area contributed by atoms with Crippen LogP contribution in [-0.2, 0) is 16.1 Å². The van der Waals surface area contributed by atoms with Crippen LogP contribution < -0.4 is 10.2 Å². The first-order chi connectivity index (χ1) is 8.86. The third-order valence-electron chi connectivity index (χ3n) is 3.58. The summed E-state index contributed by atoms with van der Waals surface area (Å²) in [6.07, 6.45) is 1.60. The van der Waals surface area contributed by atoms with Gasteiger partial charge in [0, 0.05) is 31.9 Å². The lowest BCUT2D eigenvalue weighted by atomic mass is 10.1. The van der Waals surface area contributed by atoms with Crippen molar-refractivity contribution >= 4 is 24.0 Å². The van der Waals surface area contributed by atoms with E-state index in [1.165, 1.54) is 5.56 Å². The highest BCUT2D eigenvalue weighted by Crippen LogP contribution is 2.25. The van der Waals surface area contributed by atoms with Crippen molar-refractivity contribution < 1.29 is 9.53 Å². The van der Waals surface area contributed by atoms with Gasteiger partial charge in [0.1, 0.15) is 6.10 Å². The molecule has 0 radical (unpaired) electrons. The van der Waals surface area contributed by atoms with E-state index >= 15 is 0 Å². The minimum Gasteiger partial charge on any atom is -0.368 e. The molecule has 1 aromatic rings. The van der Waals surface area contributed by atoms with Crippen LogP contribution in [0.4, 0.5) is 5.69 Å². The highest BCUT2D eigenvalue weighted by atomic mass is 35.5. The van der Waals surface area contributed by atoms with Crippen molar-refractivity contribution in [1.29, 1.82) is 0 Å². The fraction of sp³-hybridized carbons (Fsp3) is 0.500. The first-order valence-corrected chi connectivity index (χ1v) is 6.58. The van der Waals surface area contributed by atoms with E-state index in [9.17, 15) is 4.79 Å². The zero-order chi connectivity index (χ0) is 12.4. The summed E-state index contributed by atoms with van der Waals surface area (Å²) in [5.41, 5.74) is 2.21. The summed E-state index contributed by atoms with van der Waals surface area (Å²) in [5, 5.41) is 3.34. The number of para-hydroxylation sites is 1. The number of nitrogens with zero attached hydrogens (tertiary/aromatic N) is 1. The molecule has 0 aromatic heterocycles. The van der Waals surface area contributed by atoms with Crippen molar-refractivity contribution in [3.05, 3.63) is 29.8 Å². The van der Waals surface area contributed by atoms with Crippen LogP contribution in [0.15, 0.2) is 24.3 Å². The molecule has 1 fully saturated rings. The third kappa shape index (κ3) is 2.91. The fourth-order valence-electron chi connectivity index (χ4n) is 2.63. The van der Waals surface area contributed by atoms with Gasteiger partial charge in [-0.05, 0) is 24.5 Å². The Hall–Kier alpha value is -1.10. The maximum Gasteiger partial charge on any atom is 0.256 e. The fourth-order valence-corrected chi connectivity index (χ4v) is 2.63. The monoisotopic (exact) mass is 282 g/mol. The van der Waals surface area contributed by atoms with E-state index in [0.717, 1.165) is 38.2 Å². The molecule has 1 aromatic carbocycles. The summed E-state index contributed by atoms with van der Waals surface area (Å²) in [4.78, 5) is 14.4. The SMILES string of the molecule is Cl.O=C(C1CCCO1)N1CCNCc2ccccc21. The number of rotatable bonds is 1. The van der Waals surface area contributed by atoms with Crippen molar-refractivity contribution in [2.75, 3.05) is 24.6 Å². The zero-order valence-electron chi connectivity index (χ0n) is 10.8. The summed E-state index contributed by atoms with van der Waals surface area (Å²) < 4.78 is 5.51. The van der Waals surface area contributed by atoms with E-state index in [1.54, 1.807) is 0 Å². The molecule has 4 nitrogen and oxygen atoms in total. The van der Waals surface area contributed by atoms with Crippen LogP contribution in [0.3, 0.4) is 0 Å². The summed E-state index contributed by atoms with van der Waals surface area (Å²) >= 11 is 0. The Balaban J connectivity index is 0.00000133. The zero-order valence-corrected chi connectivity index (χ0v) is 11.6. The van der Waals surface area contributed by atoms with Gasteiger partial charge in [0.05, 0.1) is 0 Å². The lowest BCUT2D eigenvalue weighted by molar-refractivity contribution is -0.127. The van der Waals surface area contributed by atoms with Gasteiger partial charge in [-0.1, -0.05) is 18.2 Å². The maximum absolute atomic E-state index is 12.5. The Morgan fingerprint density at radius 3 is 3.00 bits per heavy atom. The maximum atomic E-state index is 12.5. The van der Waals surface area contributed by atoms with E-state index in [2.05, 4.69) is 11.4 Å². The molecule has 1 N–H and O–H groups in total. The predicted octanol–water partition coefficient (Wildman–Crippen LogP) is 1.72. The van der Waals surface area contributed by atoms with Gasteiger partial charge < -0.3 is 15.0 Å². The normalized spacial score (nSPS) is 22.3. The number of anilines is 1. The summed E-state index contributed by atoms with van der Waals surface area (Å²) in [6, 6.07) is 8.10. The van der Waals surface area contributed by atoms with E-state index in [-0.39, 0.29) is 24.4 Å². The molecule has 1 amide bonds. The predicted molar refractivity (Wildman–Crippen MR) is 76.7 cm³/mol. The number of nitrogens with one attached hydrogen (secondary N) is 1. The van der Waals surface area contributed by atoms with E-state index in [1.807, 2.05) is 23.1 Å². The quantitative estimate of drug-likeness (QED) is 0.853. The molecular formula is C14H19ClN2O2. The minimum absolute atomic E-state index is 0. The summed E-state index contributed by atoms with van der Waals surface area (Å²) in [6.45, 7) is 3.08. The van der Waals surface area contributed by atoms with E-state index in [4.69, 9.17) is 4.74 Å². The van der Waals surface area contributed by atoms with Crippen molar-refractivity contribution in [3.63, 3.8) is 0 Å². The molecule has 0 aliphatic carbocycles. The van der Waals surface area contributed by atoms with Crippen LogP contribution in [0.5, 0.6) is 0 Å². The van der Waals surface area contributed by atoms with Gasteiger partial charge in [-0.2, -0.15) is 0 Å². The molecule has 1 atom stereocenters. The average molecular weight is 283 g/mol. The smallest absolute Gasteiger partial charge is 0.256 e. The van der Waals surface area contributed by atoms with E-state index < -0.39 is 0 Å². The lowest BCUT2D eigenvalue weighted by Crippen LogP contribution is -2.41. The van der Waals surface area contributed by atoms with Crippen molar-refractivity contribution in [2.45, 2.75) is 25.5 Å². The van der Waals surface area contributed by atoms with Crippen molar-refractivity contribution in [1.82, 2.24) is 5.32 Å². The third-order valence-corrected chi connectivity index (χ3v) is 3.58. The molecule has 1 saturated heterocycles. The van der Waals surface area contributed by atoms with Crippen molar-refractivity contribution in [2.24, 2.45) is 0 Å². The topological polar surface area (TPSA) is 41.6 Å². The first kappa shape index (κ1) is 14.3. The van der Waals surface area contributed by atoms with Crippen LogP contribution in [0.25, 0.3) is 0 Å². The number of ether oxygens (including phenoxy) is 1. The number of halogens is 1. The van der Waals surface area contributed by atoms with Crippen LogP contribution >= 0.6 is 12.4 Å². The molecule has 19 heavy (non-hydrogen) atoms. The molecule has 0 spiro atoms. The van der Waals surface area contributed by atoms with Gasteiger partial charge in [-0.15, -0.1) is 12.4 Å². The van der Waals surface area contributed by atoms with Crippen LogP contribution in [0, 0.1) is 0 Å². The highest BCUT2D eigenvalue weighted by Gasteiger charge is 2.30. The van der Waals surface area contributed by atoms with Gasteiger partial charge in [0.2, 0.25) is 0 Å². The van der Waals surface area contributed by atoms with Gasteiger partial charge in [-0.3, -0.25) is 4.79 Å². The lowest BCUT2D eigenvalue weighted by Gasteiger charge is -2.25. The Labute approximate surface area is 119 Å². The molecule has 3 rings (SSSR count). The van der Waals surface area contributed by atoms with Gasteiger partial charge in [-0.25, -0.2) is 0 Å². The number of hydrogen-bond donors (Lipinski definition) is 1. The number of amides is 1. The Kier molecular flexibility index (Phi) is 4.80. The highest BCUT2D eigenvalue weighted by molar-refractivity contribution is 5.97. The number of carbonyl (C=O) groups is 1. The number of carbonyl (C=O) groups excluding carboxylic acids is 1. The molecule has 5 heteroatoms. The number of benzene rings is 1. The number of hydrogen-bond acceptors (Lipinski definition) is 3. The van der Waals surface area contributed by atoms with Crippen LogP contribution in [0.2, 0.25) is 0 Å². The average Bonchev–Trinajstić information content (AvgIpc) is 2.85. The summed E-state index contributed by atoms with van der Waals surface area (Å²) in [5.74, 6) is 0.114. The molecule has 2 aliphatic rings. The van der Waals surface area contributed by atoms with E-state index in [0.29, 0.717) is 6.61 Å². The molecule has 0 saturated carbocycles. The summed E-state index contributed by atoms with van der Waals surface area (Å²) in [7, 11) is 0. The largest absolute Gasteiger partial charge is 0.368 e. The van der Waals surface area contributed by atoms with Crippen LogP contribution in [-0.4, -0.2) is 31.7 Å². The Bertz CT molecular complexity index is 447. The van der Waals surface area contributed by atoms with Gasteiger partial charge >= 0.3 is 0 Å². The molecule has 2 heterocycles. The Morgan fingerprint density at radius 1 is 1.37 bits per heavy atom. The molecule has 104 valence electrons. The molecule has 0 bridgehead atoms. The number of fused-ring (bicyclic) bond motifs is 1. The Morgan fingerprint density at radius 2 is 2.21 bits per heavy atom. The second-order valence-corrected chi connectivity index (χ2v) is 4.80. The van der Waals surface area contributed by atoms with Gasteiger partial charge in [0.15, 0.2) is 0 Å².